The molecule has 1 atom stereocenters. The van der Waals surface area contributed by atoms with Crippen molar-refractivity contribution in [3.63, 3.8) is 0 Å². The van der Waals surface area contributed by atoms with Crippen LogP contribution in [0.15, 0.2) is 35.2 Å². The van der Waals surface area contributed by atoms with Crippen LogP contribution in [-0.4, -0.2) is 24.2 Å². The Morgan fingerprint density at radius 1 is 1.28 bits per heavy atom. The summed E-state index contributed by atoms with van der Waals surface area (Å²) in [6, 6.07) is 8.10. The molecule has 0 heterocycles. The number of hydrogen-bond donors (Lipinski definition) is 0. The summed E-state index contributed by atoms with van der Waals surface area (Å²) in [7, 11) is -3.64. The van der Waals surface area contributed by atoms with Crippen LogP contribution in [0, 0.1) is 0 Å². The molecule has 0 spiro atoms. The Hall–Kier alpha value is -0.290. The second-order valence-electron chi connectivity index (χ2n) is 4.03. The minimum absolute atomic E-state index is 0.111. The molecule has 0 aromatic heterocycles. The third kappa shape index (κ3) is 4.43. The lowest BCUT2D eigenvalue weighted by atomic mass is 10.2. The maximum absolute atomic E-state index is 12.1. The Kier molecular flexibility index (Phi) is 6.43. The van der Waals surface area contributed by atoms with Crippen LogP contribution in [0.25, 0.3) is 0 Å². The topological polar surface area (TPSA) is 37.4 Å². The summed E-state index contributed by atoms with van der Waals surface area (Å²) < 4.78 is 25.0. The maximum Gasteiger partial charge on any atom is 0.256 e. The van der Waals surface area contributed by atoms with Crippen LogP contribution in [0.5, 0.6) is 0 Å². The fourth-order valence-corrected chi connectivity index (χ4v) is 3.43. The minimum Gasteiger partial charge on any atom is -0.206 e. The quantitative estimate of drug-likeness (QED) is 0.570. The molecule has 0 aliphatic rings. The second kappa shape index (κ2) is 7.34. The highest BCUT2D eigenvalue weighted by molar-refractivity contribution is 7.90. The lowest BCUT2D eigenvalue weighted by molar-refractivity contribution is 0.520. The Labute approximate surface area is 119 Å². The van der Waals surface area contributed by atoms with Crippen molar-refractivity contribution in [2.24, 2.45) is 0 Å². The van der Waals surface area contributed by atoms with Gasteiger partial charge in [0.05, 0.1) is 4.90 Å². The molecule has 102 valence electrons. The first-order valence-electron chi connectivity index (χ1n) is 5.86. The molecule has 18 heavy (non-hydrogen) atoms. The van der Waals surface area contributed by atoms with Gasteiger partial charge in [-0.2, -0.15) is 0 Å². The summed E-state index contributed by atoms with van der Waals surface area (Å²) in [6.45, 7) is 2.17. The standard InChI is InChI=1S/C12H17Cl2NO2S/c1-2-3-7-11(13)10-15(14)18(16,17)12-8-5-4-6-9-12/h4-6,8-9,11H,2-3,7,10H2,1H3. The fraction of sp³-hybridized carbons (Fsp3) is 0.500. The van der Waals surface area contributed by atoms with Crippen LogP contribution < -0.4 is 0 Å². The summed E-state index contributed by atoms with van der Waals surface area (Å²) >= 11 is 11.9. The number of sulfonamides is 1. The van der Waals surface area contributed by atoms with Gasteiger partial charge in [0, 0.05) is 11.9 Å². The van der Waals surface area contributed by atoms with Crippen LogP contribution in [0.4, 0.5) is 0 Å². The molecule has 1 aromatic rings. The third-order valence-electron chi connectivity index (χ3n) is 2.51. The number of benzene rings is 1. The Morgan fingerprint density at radius 3 is 2.44 bits per heavy atom. The van der Waals surface area contributed by atoms with Crippen LogP contribution in [0.3, 0.4) is 0 Å². The summed E-state index contributed by atoms with van der Waals surface area (Å²) in [5.41, 5.74) is 0. The second-order valence-corrected chi connectivity index (χ2v) is 7.12. The van der Waals surface area contributed by atoms with Gasteiger partial charge in [0.15, 0.2) is 0 Å². The van der Waals surface area contributed by atoms with Gasteiger partial charge in [0.2, 0.25) is 0 Å². The molecular formula is C12H17Cl2NO2S. The Morgan fingerprint density at radius 2 is 1.89 bits per heavy atom. The molecule has 0 aliphatic heterocycles. The van der Waals surface area contributed by atoms with E-state index < -0.39 is 10.0 Å². The van der Waals surface area contributed by atoms with E-state index in [1.165, 1.54) is 12.1 Å². The molecule has 3 nitrogen and oxygen atoms in total. The number of hydrogen-bond acceptors (Lipinski definition) is 2. The van der Waals surface area contributed by atoms with Crippen LogP contribution >= 0.6 is 23.4 Å². The summed E-state index contributed by atoms with van der Waals surface area (Å²) in [6.07, 6.45) is 2.74. The van der Waals surface area contributed by atoms with E-state index in [2.05, 4.69) is 6.92 Å². The highest BCUT2D eigenvalue weighted by Gasteiger charge is 2.24. The van der Waals surface area contributed by atoms with Crippen molar-refractivity contribution < 1.29 is 8.42 Å². The van der Waals surface area contributed by atoms with Gasteiger partial charge in [-0.1, -0.05) is 38.0 Å². The summed E-state index contributed by atoms with van der Waals surface area (Å²) in [4.78, 5) is 0.180. The first-order chi connectivity index (χ1) is 8.48. The normalized spacial score (nSPS) is 13.8. The zero-order valence-corrected chi connectivity index (χ0v) is 12.5. The molecule has 0 saturated carbocycles. The number of unbranched alkanes of at least 4 members (excludes halogenated alkanes) is 1. The predicted octanol–water partition coefficient (Wildman–Crippen LogP) is 3.63. The summed E-state index contributed by atoms with van der Waals surface area (Å²) in [5, 5.41) is -0.263. The van der Waals surface area contributed by atoms with Gasteiger partial charge in [-0.25, -0.2) is 8.42 Å². The van der Waals surface area contributed by atoms with E-state index in [0.717, 1.165) is 23.1 Å². The SMILES string of the molecule is CCCCC(Cl)CN(Cl)S(=O)(=O)c1ccccc1. The van der Waals surface area contributed by atoms with Crippen molar-refractivity contribution in [1.82, 2.24) is 3.82 Å². The van der Waals surface area contributed by atoms with Gasteiger partial charge >= 0.3 is 0 Å². The average molecular weight is 310 g/mol. The van der Waals surface area contributed by atoms with Crippen LogP contribution in [-0.2, 0) is 10.0 Å². The molecular weight excluding hydrogens is 293 g/mol. The van der Waals surface area contributed by atoms with Gasteiger partial charge in [-0.3, -0.25) is 0 Å². The molecule has 0 amide bonds. The van der Waals surface area contributed by atoms with E-state index in [1.807, 2.05) is 0 Å². The molecule has 6 heteroatoms. The van der Waals surface area contributed by atoms with Crippen molar-refractivity contribution >= 4 is 33.4 Å². The summed E-state index contributed by atoms with van der Waals surface area (Å²) in [5.74, 6) is 0. The van der Waals surface area contributed by atoms with Crippen molar-refractivity contribution in [1.29, 1.82) is 0 Å². The first-order valence-corrected chi connectivity index (χ1v) is 8.07. The van der Waals surface area contributed by atoms with E-state index in [1.54, 1.807) is 18.2 Å². The van der Waals surface area contributed by atoms with Crippen molar-refractivity contribution in [3.8, 4) is 0 Å². The zero-order chi connectivity index (χ0) is 13.6. The van der Waals surface area contributed by atoms with Gasteiger partial charge in [0.25, 0.3) is 10.0 Å². The molecule has 1 rings (SSSR count). The lowest BCUT2D eigenvalue weighted by Gasteiger charge is -2.17. The zero-order valence-electron chi connectivity index (χ0n) is 10.2. The first kappa shape index (κ1) is 15.8. The lowest BCUT2D eigenvalue weighted by Crippen LogP contribution is -2.28. The van der Waals surface area contributed by atoms with Crippen molar-refractivity contribution in [2.45, 2.75) is 36.5 Å². The Balaban J connectivity index is 2.69. The van der Waals surface area contributed by atoms with Gasteiger partial charge in [-0.15, -0.1) is 15.4 Å². The molecule has 0 fully saturated rings. The smallest absolute Gasteiger partial charge is 0.206 e. The molecule has 0 saturated heterocycles. The molecule has 1 unspecified atom stereocenters. The predicted molar refractivity (Wildman–Crippen MR) is 75.4 cm³/mol. The van der Waals surface area contributed by atoms with E-state index in [9.17, 15) is 8.42 Å². The molecule has 0 bridgehead atoms. The molecule has 1 aromatic carbocycles. The number of rotatable bonds is 7. The van der Waals surface area contributed by atoms with E-state index >= 15 is 0 Å². The largest absolute Gasteiger partial charge is 0.256 e. The molecule has 0 aliphatic carbocycles. The van der Waals surface area contributed by atoms with Crippen molar-refractivity contribution in [3.05, 3.63) is 30.3 Å². The average Bonchev–Trinajstić information content (AvgIpc) is 2.37. The number of alkyl halides is 1. The number of nitrogens with zero attached hydrogens (tertiary/aromatic N) is 1. The number of halogens is 2. The Bertz CT molecular complexity index is 450. The van der Waals surface area contributed by atoms with Gasteiger partial charge in [0.1, 0.15) is 0 Å². The third-order valence-corrected chi connectivity index (χ3v) is 5.09. The maximum atomic E-state index is 12.1. The molecule has 0 radical (unpaired) electrons. The van der Waals surface area contributed by atoms with E-state index in [-0.39, 0.29) is 16.8 Å². The highest BCUT2D eigenvalue weighted by atomic mass is 35.5. The minimum atomic E-state index is -3.64. The van der Waals surface area contributed by atoms with E-state index in [0.29, 0.717) is 0 Å². The van der Waals surface area contributed by atoms with Crippen LogP contribution in [0.2, 0.25) is 0 Å². The van der Waals surface area contributed by atoms with Crippen molar-refractivity contribution in [2.75, 3.05) is 6.54 Å². The monoisotopic (exact) mass is 309 g/mol. The molecule has 0 N–H and O–H groups in total. The highest BCUT2D eigenvalue weighted by Crippen LogP contribution is 2.20. The van der Waals surface area contributed by atoms with Crippen LogP contribution in [0.1, 0.15) is 26.2 Å². The van der Waals surface area contributed by atoms with Gasteiger partial charge in [-0.05, 0) is 30.3 Å². The fourth-order valence-electron chi connectivity index (χ4n) is 1.48. The van der Waals surface area contributed by atoms with E-state index in [4.69, 9.17) is 23.4 Å². The van der Waals surface area contributed by atoms with Gasteiger partial charge < -0.3 is 0 Å².